The molecule has 0 heterocycles. The first-order chi connectivity index (χ1) is 29.5. The molecule has 0 aliphatic carbocycles. The van der Waals surface area contributed by atoms with Crippen LogP contribution in [0.25, 0.3) is 0 Å². The van der Waals surface area contributed by atoms with Crippen LogP contribution >= 0.6 is 7.82 Å². The molecule has 0 aliphatic heterocycles. The number of hydrogen-bond acceptors (Lipinski definition) is 5. The topological polar surface area (TPSA) is 105 Å². The first-order valence-corrected chi connectivity index (χ1v) is 28.0. The number of allylic oxidation sites excluding steroid dienone is 2. The molecule has 0 bridgehead atoms. The third-order valence-electron chi connectivity index (χ3n) is 12.3. The summed E-state index contributed by atoms with van der Waals surface area (Å²) in [5.74, 6) is -0.150. The van der Waals surface area contributed by atoms with Crippen molar-refractivity contribution in [2.24, 2.45) is 0 Å². The molecule has 1 amide bonds. The number of aliphatic hydroxyl groups is 1. The van der Waals surface area contributed by atoms with Gasteiger partial charge in [-0.1, -0.05) is 231 Å². The van der Waals surface area contributed by atoms with E-state index in [1.807, 2.05) is 21.1 Å². The van der Waals surface area contributed by atoms with Crippen molar-refractivity contribution in [3.63, 3.8) is 0 Å². The zero-order valence-electron chi connectivity index (χ0n) is 41.4. The minimum atomic E-state index is -4.32. The molecule has 8 nitrogen and oxygen atoms in total. The standard InChI is InChI=1S/C52H105N2O6P/c1-6-8-10-12-14-16-18-20-22-23-24-25-26-27-28-29-30-31-32-33-35-37-39-41-43-45-51(55)50(49-60-61(57,58)59-48-47-54(3,4)5)53-52(56)46-44-42-40-38-36-34-21-19-17-15-13-11-9-7-2/h19,21,50-51,55H,6-18,20,22-49H2,1-5H3,(H-,53,56,57,58)/p+1/b21-19-. The molecule has 61 heavy (non-hydrogen) atoms. The Morgan fingerprint density at radius 2 is 0.885 bits per heavy atom. The summed E-state index contributed by atoms with van der Waals surface area (Å²) in [5.41, 5.74) is 0. The lowest BCUT2D eigenvalue weighted by atomic mass is 10.0. The van der Waals surface area contributed by atoms with E-state index in [1.165, 1.54) is 186 Å². The molecular weight excluding hydrogens is 780 g/mol. The minimum Gasteiger partial charge on any atom is -0.391 e. The molecule has 0 aromatic heterocycles. The summed E-state index contributed by atoms with van der Waals surface area (Å²) in [6.45, 7) is 4.90. The third-order valence-corrected chi connectivity index (χ3v) is 13.2. The molecule has 0 rings (SSSR count). The van der Waals surface area contributed by atoms with Gasteiger partial charge in [0.1, 0.15) is 13.2 Å². The quantitative estimate of drug-likeness (QED) is 0.0243. The SMILES string of the molecule is CCCCCCC/C=C\CCCCCCCC(=O)NC(COP(=O)(O)OCC[N+](C)(C)C)C(O)CCCCCCCCCCCCCCCCCCCCCCCCCCC. The number of carbonyl (C=O) groups is 1. The predicted octanol–water partition coefficient (Wildman–Crippen LogP) is 15.5. The second-order valence-corrected chi connectivity index (χ2v) is 21.1. The number of hydrogen-bond donors (Lipinski definition) is 3. The van der Waals surface area contributed by atoms with Crippen molar-refractivity contribution in [3.05, 3.63) is 12.2 Å². The van der Waals surface area contributed by atoms with Crippen LogP contribution in [0.4, 0.5) is 0 Å². The number of likely N-dealkylation sites (N-methyl/N-ethyl adjacent to an activating group) is 1. The molecule has 0 aromatic rings. The Kier molecular flexibility index (Phi) is 43.9. The molecule has 0 fully saturated rings. The van der Waals surface area contributed by atoms with Gasteiger partial charge in [-0.3, -0.25) is 13.8 Å². The molecular formula is C52H106N2O6P+. The average molecular weight is 886 g/mol. The van der Waals surface area contributed by atoms with Crippen molar-refractivity contribution < 1.29 is 32.9 Å². The molecule has 364 valence electrons. The molecule has 0 aromatic carbocycles. The number of phosphoric acid groups is 1. The second-order valence-electron chi connectivity index (χ2n) is 19.6. The van der Waals surface area contributed by atoms with Gasteiger partial charge in [-0.25, -0.2) is 4.57 Å². The van der Waals surface area contributed by atoms with Crippen LogP contribution in [0.5, 0.6) is 0 Å². The zero-order valence-corrected chi connectivity index (χ0v) is 42.3. The van der Waals surface area contributed by atoms with E-state index < -0.39 is 20.0 Å². The first-order valence-electron chi connectivity index (χ1n) is 26.6. The fourth-order valence-corrected chi connectivity index (χ4v) is 8.78. The Hall–Kier alpha value is -0.760. The summed E-state index contributed by atoms with van der Waals surface area (Å²) < 4.78 is 23.7. The normalized spacial score (nSPS) is 14.1. The van der Waals surface area contributed by atoms with Gasteiger partial charge in [0.25, 0.3) is 0 Å². The number of carbonyl (C=O) groups excluding carboxylic acids is 1. The van der Waals surface area contributed by atoms with Gasteiger partial charge in [-0.15, -0.1) is 0 Å². The maximum Gasteiger partial charge on any atom is 0.472 e. The van der Waals surface area contributed by atoms with Crippen LogP contribution in [-0.4, -0.2) is 73.4 Å². The van der Waals surface area contributed by atoms with Crippen LogP contribution in [0.1, 0.15) is 264 Å². The van der Waals surface area contributed by atoms with Crippen LogP contribution in [0, 0.1) is 0 Å². The largest absolute Gasteiger partial charge is 0.472 e. The summed E-state index contributed by atoms with van der Waals surface area (Å²) in [4.78, 5) is 23.2. The molecule has 0 radical (unpaired) electrons. The van der Waals surface area contributed by atoms with E-state index in [-0.39, 0.29) is 19.1 Å². The number of amides is 1. The highest BCUT2D eigenvalue weighted by molar-refractivity contribution is 7.47. The molecule has 0 saturated carbocycles. The highest BCUT2D eigenvalue weighted by atomic mass is 31.2. The smallest absolute Gasteiger partial charge is 0.391 e. The van der Waals surface area contributed by atoms with Crippen molar-refractivity contribution in [3.8, 4) is 0 Å². The van der Waals surface area contributed by atoms with Crippen molar-refractivity contribution in [1.29, 1.82) is 0 Å². The van der Waals surface area contributed by atoms with Crippen molar-refractivity contribution >= 4 is 13.7 Å². The maximum absolute atomic E-state index is 12.9. The van der Waals surface area contributed by atoms with Gasteiger partial charge >= 0.3 is 7.82 Å². The number of nitrogens with one attached hydrogen (secondary N) is 1. The van der Waals surface area contributed by atoms with E-state index in [0.29, 0.717) is 23.9 Å². The van der Waals surface area contributed by atoms with E-state index >= 15 is 0 Å². The minimum absolute atomic E-state index is 0.0752. The number of nitrogens with zero attached hydrogens (tertiary/aromatic N) is 1. The van der Waals surface area contributed by atoms with Crippen molar-refractivity contribution in [2.45, 2.75) is 276 Å². The summed E-state index contributed by atoms with van der Waals surface area (Å²) in [6, 6.07) is -0.761. The molecule has 3 atom stereocenters. The Morgan fingerprint density at radius 1 is 0.541 bits per heavy atom. The van der Waals surface area contributed by atoms with E-state index in [2.05, 4.69) is 31.3 Å². The first kappa shape index (κ1) is 60.2. The Labute approximate surface area is 380 Å². The number of unbranched alkanes of at least 4 members (excludes halogenated alkanes) is 34. The molecule has 0 spiro atoms. The number of rotatable bonds is 49. The maximum atomic E-state index is 12.9. The van der Waals surface area contributed by atoms with Crippen LogP contribution in [-0.2, 0) is 18.4 Å². The molecule has 0 aliphatic rings. The summed E-state index contributed by atoms with van der Waals surface area (Å²) in [7, 11) is 1.62. The van der Waals surface area contributed by atoms with E-state index in [0.717, 1.165) is 51.4 Å². The number of quaternary nitrogens is 1. The third kappa shape index (κ3) is 47.0. The Bertz CT molecular complexity index is 1000. The Morgan fingerprint density at radius 3 is 1.26 bits per heavy atom. The Balaban J connectivity index is 4.15. The van der Waals surface area contributed by atoms with E-state index in [4.69, 9.17) is 9.05 Å². The van der Waals surface area contributed by atoms with Crippen molar-refractivity contribution in [2.75, 3.05) is 40.9 Å². The highest BCUT2D eigenvalue weighted by Crippen LogP contribution is 2.43. The van der Waals surface area contributed by atoms with E-state index in [9.17, 15) is 19.4 Å². The van der Waals surface area contributed by atoms with E-state index in [1.54, 1.807) is 0 Å². The molecule has 3 N–H and O–H groups in total. The monoisotopic (exact) mass is 886 g/mol. The van der Waals surface area contributed by atoms with Gasteiger partial charge in [-0.05, 0) is 38.5 Å². The van der Waals surface area contributed by atoms with Crippen LogP contribution in [0.3, 0.4) is 0 Å². The van der Waals surface area contributed by atoms with Crippen LogP contribution < -0.4 is 5.32 Å². The van der Waals surface area contributed by atoms with Gasteiger partial charge in [0.2, 0.25) is 5.91 Å². The lowest BCUT2D eigenvalue weighted by Crippen LogP contribution is -2.46. The summed E-state index contributed by atoms with van der Waals surface area (Å²) in [5, 5.41) is 14.0. The molecule has 0 saturated heterocycles. The predicted molar refractivity (Wildman–Crippen MR) is 263 cm³/mol. The van der Waals surface area contributed by atoms with Gasteiger partial charge in [0.05, 0.1) is 39.9 Å². The number of phosphoric ester groups is 1. The van der Waals surface area contributed by atoms with Crippen LogP contribution in [0.2, 0.25) is 0 Å². The van der Waals surface area contributed by atoms with Crippen LogP contribution in [0.15, 0.2) is 12.2 Å². The molecule has 9 heteroatoms. The number of aliphatic hydroxyl groups excluding tert-OH is 1. The average Bonchev–Trinajstić information content (AvgIpc) is 3.21. The zero-order chi connectivity index (χ0) is 45.0. The summed E-state index contributed by atoms with van der Waals surface area (Å²) >= 11 is 0. The summed E-state index contributed by atoms with van der Waals surface area (Å²) in [6.07, 6.45) is 52.6. The van der Waals surface area contributed by atoms with Gasteiger partial charge in [0, 0.05) is 6.42 Å². The van der Waals surface area contributed by atoms with Crippen molar-refractivity contribution in [1.82, 2.24) is 5.32 Å². The second kappa shape index (κ2) is 44.4. The molecule has 3 unspecified atom stereocenters. The van der Waals surface area contributed by atoms with Gasteiger partial charge < -0.3 is 19.8 Å². The fourth-order valence-electron chi connectivity index (χ4n) is 8.04. The van der Waals surface area contributed by atoms with Gasteiger partial charge in [0.15, 0.2) is 0 Å². The van der Waals surface area contributed by atoms with Gasteiger partial charge in [-0.2, -0.15) is 0 Å². The lowest BCUT2D eigenvalue weighted by Gasteiger charge is -2.26. The fraction of sp³-hybridized carbons (Fsp3) is 0.942. The lowest BCUT2D eigenvalue weighted by molar-refractivity contribution is -0.870. The highest BCUT2D eigenvalue weighted by Gasteiger charge is 2.28.